The number of carbonyl (C=O) groups excluding carboxylic acids is 2. The number of hydrogen-bond acceptors (Lipinski definition) is 5. The maximum Gasteiger partial charge on any atom is 0.407 e. The quantitative estimate of drug-likeness (QED) is 0.504. The van der Waals surface area contributed by atoms with Gasteiger partial charge in [-0.25, -0.2) is 4.79 Å². The lowest BCUT2D eigenvalue weighted by Gasteiger charge is -2.28. The number of nitrogens with one attached hydrogen (secondary N) is 2. The Hall–Kier alpha value is -3.39. The summed E-state index contributed by atoms with van der Waals surface area (Å²) in [6.07, 6.45) is 1.61. The van der Waals surface area contributed by atoms with E-state index in [-0.39, 0.29) is 37.4 Å². The van der Waals surface area contributed by atoms with Crippen LogP contribution >= 0.6 is 0 Å². The zero-order valence-corrected chi connectivity index (χ0v) is 19.9. The Balaban J connectivity index is 1.24. The van der Waals surface area contributed by atoms with Gasteiger partial charge in [-0.2, -0.15) is 0 Å². The van der Waals surface area contributed by atoms with Crippen LogP contribution in [0.15, 0.2) is 48.5 Å². The van der Waals surface area contributed by atoms with Crippen molar-refractivity contribution in [2.75, 3.05) is 20.3 Å². The molecule has 2 aliphatic carbocycles. The van der Waals surface area contributed by atoms with Gasteiger partial charge in [0.25, 0.3) is 0 Å². The number of fused-ring (bicyclic) bond motifs is 3. The lowest BCUT2D eigenvalue weighted by Crippen LogP contribution is -2.43. The van der Waals surface area contributed by atoms with Gasteiger partial charge in [-0.05, 0) is 41.5 Å². The number of hydrogen-bond donors (Lipinski definition) is 3. The Bertz CT molecular complexity index is 1030. The average Bonchev–Trinajstić information content (AvgIpc) is 3.19. The SMILES string of the molecule is COC(CNC(=O)OCC1c2ccccc2-c2ccccc21)CC(=O)N[C@@H]1CCC[C@@H](C(=O)O)C1. The molecule has 2 aromatic carbocycles. The number of carboxylic acid groups (broad SMARTS) is 1. The summed E-state index contributed by atoms with van der Waals surface area (Å²) in [5, 5.41) is 14.8. The largest absolute Gasteiger partial charge is 0.481 e. The van der Waals surface area contributed by atoms with Gasteiger partial charge in [-0.15, -0.1) is 0 Å². The minimum atomic E-state index is -0.814. The van der Waals surface area contributed by atoms with E-state index in [9.17, 15) is 19.5 Å². The number of carboxylic acids is 1. The van der Waals surface area contributed by atoms with Gasteiger partial charge < -0.3 is 25.2 Å². The molecule has 0 bridgehead atoms. The van der Waals surface area contributed by atoms with Crippen molar-refractivity contribution >= 4 is 18.0 Å². The van der Waals surface area contributed by atoms with Gasteiger partial charge in [0.2, 0.25) is 5.91 Å². The fourth-order valence-corrected chi connectivity index (χ4v) is 5.12. The highest BCUT2D eigenvalue weighted by molar-refractivity contribution is 5.79. The molecule has 35 heavy (non-hydrogen) atoms. The van der Waals surface area contributed by atoms with Gasteiger partial charge in [-0.1, -0.05) is 55.0 Å². The summed E-state index contributed by atoms with van der Waals surface area (Å²) in [6, 6.07) is 16.1. The van der Waals surface area contributed by atoms with Crippen molar-refractivity contribution in [2.45, 2.75) is 50.2 Å². The normalized spacial score (nSPS) is 19.8. The first-order chi connectivity index (χ1) is 17.0. The van der Waals surface area contributed by atoms with Crippen molar-refractivity contribution in [1.29, 1.82) is 0 Å². The third-order valence-electron chi connectivity index (χ3n) is 6.95. The summed E-state index contributed by atoms with van der Waals surface area (Å²) >= 11 is 0. The number of alkyl carbamates (subject to hydrolysis) is 1. The molecule has 1 fully saturated rings. The minimum Gasteiger partial charge on any atom is -0.481 e. The molecule has 2 amide bonds. The van der Waals surface area contributed by atoms with Crippen LogP contribution in [0, 0.1) is 5.92 Å². The van der Waals surface area contributed by atoms with E-state index < -0.39 is 24.1 Å². The Morgan fingerprint density at radius 3 is 2.31 bits per heavy atom. The zero-order chi connectivity index (χ0) is 24.8. The zero-order valence-electron chi connectivity index (χ0n) is 19.9. The highest BCUT2D eigenvalue weighted by Gasteiger charge is 2.30. The van der Waals surface area contributed by atoms with E-state index in [1.54, 1.807) is 0 Å². The smallest absolute Gasteiger partial charge is 0.407 e. The van der Waals surface area contributed by atoms with Crippen molar-refractivity contribution in [3.8, 4) is 11.1 Å². The van der Waals surface area contributed by atoms with Crippen LogP contribution in [0.25, 0.3) is 11.1 Å². The van der Waals surface area contributed by atoms with Gasteiger partial charge in [-0.3, -0.25) is 9.59 Å². The van der Waals surface area contributed by atoms with E-state index in [0.29, 0.717) is 12.8 Å². The molecular formula is C27H32N2O6. The number of benzene rings is 2. The van der Waals surface area contributed by atoms with Crippen LogP contribution in [0.4, 0.5) is 4.79 Å². The highest BCUT2D eigenvalue weighted by atomic mass is 16.5. The molecule has 1 saturated carbocycles. The Labute approximate surface area is 205 Å². The van der Waals surface area contributed by atoms with Crippen LogP contribution in [0.3, 0.4) is 0 Å². The highest BCUT2D eigenvalue weighted by Crippen LogP contribution is 2.44. The standard InChI is InChI=1S/C27H32N2O6/c1-34-19(14-25(30)29-18-8-6-7-17(13-18)26(31)32)15-28-27(33)35-16-24-22-11-4-2-9-20(22)21-10-3-5-12-23(21)24/h2-5,9-12,17-19,24H,6-8,13-16H2,1H3,(H,28,33)(H,29,30)(H,31,32)/t17-,18-,19?/m1/s1. The molecule has 8 nitrogen and oxygen atoms in total. The van der Waals surface area contributed by atoms with E-state index >= 15 is 0 Å². The molecule has 3 N–H and O–H groups in total. The summed E-state index contributed by atoms with van der Waals surface area (Å²) in [7, 11) is 1.48. The fourth-order valence-electron chi connectivity index (χ4n) is 5.12. The average molecular weight is 481 g/mol. The molecule has 0 saturated heterocycles. The number of ether oxygens (including phenoxy) is 2. The van der Waals surface area contributed by atoms with Gasteiger partial charge in [0.05, 0.1) is 18.4 Å². The molecule has 8 heteroatoms. The first kappa shape index (κ1) is 24.7. The van der Waals surface area contributed by atoms with E-state index in [1.165, 1.54) is 7.11 Å². The van der Waals surface area contributed by atoms with Crippen molar-refractivity contribution in [1.82, 2.24) is 10.6 Å². The van der Waals surface area contributed by atoms with Crippen molar-refractivity contribution in [3.05, 3.63) is 59.7 Å². The second kappa shape index (κ2) is 11.4. The van der Waals surface area contributed by atoms with Crippen LogP contribution < -0.4 is 10.6 Å². The Kier molecular flexibility index (Phi) is 8.02. The van der Waals surface area contributed by atoms with Crippen LogP contribution in [0.5, 0.6) is 0 Å². The van der Waals surface area contributed by atoms with E-state index in [2.05, 4.69) is 34.9 Å². The molecule has 0 heterocycles. The number of amides is 2. The van der Waals surface area contributed by atoms with Crippen molar-refractivity contribution in [2.24, 2.45) is 5.92 Å². The summed E-state index contributed by atoms with van der Waals surface area (Å²) in [4.78, 5) is 36.1. The number of carbonyl (C=O) groups is 3. The Morgan fingerprint density at radius 2 is 1.69 bits per heavy atom. The molecular weight excluding hydrogens is 448 g/mol. The minimum absolute atomic E-state index is 0.0257. The third-order valence-corrected chi connectivity index (χ3v) is 6.95. The van der Waals surface area contributed by atoms with Gasteiger partial charge in [0, 0.05) is 25.6 Å². The summed E-state index contributed by atoms with van der Waals surface area (Å²) in [6.45, 7) is 0.341. The molecule has 1 unspecified atom stereocenters. The molecule has 0 aromatic heterocycles. The van der Waals surface area contributed by atoms with Crippen LogP contribution in [0.1, 0.15) is 49.1 Å². The lowest BCUT2D eigenvalue weighted by molar-refractivity contribution is -0.143. The number of aliphatic carboxylic acids is 1. The first-order valence-corrected chi connectivity index (χ1v) is 12.1. The van der Waals surface area contributed by atoms with Crippen LogP contribution in [0.2, 0.25) is 0 Å². The molecule has 186 valence electrons. The van der Waals surface area contributed by atoms with E-state index in [0.717, 1.165) is 35.1 Å². The number of rotatable bonds is 9. The maximum atomic E-state index is 12.5. The molecule has 0 radical (unpaired) electrons. The topological polar surface area (TPSA) is 114 Å². The molecule has 3 atom stereocenters. The second-order valence-electron chi connectivity index (χ2n) is 9.23. The predicted octanol–water partition coefficient (Wildman–Crippen LogP) is 3.69. The van der Waals surface area contributed by atoms with E-state index in [4.69, 9.17) is 9.47 Å². The maximum absolute atomic E-state index is 12.5. The van der Waals surface area contributed by atoms with Gasteiger partial charge in [0.1, 0.15) is 6.61 Å². The summed E-state index contributed by atoms with van der Waals surface area (Å²) in [5.74, 6) is -1.47. The number of methoxy groups -OCH3 is 1. The first-order valence-electron chi connectivity index (χ1n) is 12.1. The lowest BCUT2D eigenvalue weighted by atomic mass is 9.85. The van der Waals surface area contributed by atoms with Gasteiger partial charge >= 0.3 is 12.1 Å². The van der Waals surface area contributed by atoms with Crippen molar-refractivity contribution in [3.63, 3.8) is 0 Å². The molecule has 0 spiro atoms. The second-order valence-corrected chi connectivity index (χ2v) is 9.23. The summed E-state index contributed by atoms with van der Waals surface area (Å²) < 4.78 is 10.9. The predicted molar refractivity (Wildman–Crippen MR) is 130 cm³/mol. The molecule has 2 aliphatic rings. The van der Waals surface area contributed by atoms with Crippen molar-refractivity contribution < 1.29 is 29.0 Å². The Morgan fingerprint density at radius 1 is 1.03 bits per heavy atom. The van der Waals surface area contributed by atoms with Crippen LogP contribution in [-0.4, -0.2) is 55.5 Å². The fraction of sp³-hybridized carbons (Fsp3) is 0.444. The summed E-state index contributed by atoms with van der Waals surface area (Å²) in [5.41, 5.74) is 4.60. The van der Waals surface area contributed by atoms with E-state index in [1.807, 2.05) is 24.3 Å². The van der Waals surface area contributed by atoms with Crippen LogP contribution in [-0.2, 0) is 19.1 Å². The molecule has 0 aliphatic heterocycles. The molecule has 4 rings (SSSR count). The molecule has 2 aromatic rings. The monoisotopic (exact) mass is 480 g/mol. The van der Waals surface area contributed by atoms with Gasteiger partial charge in [0.15, 0.2) is 0 Å². The third kappa shape index (κ3) is 6.00.